The van der Waals surface area contributed by atoms with Gasteiger partial charge in [0.25, 0.3) is 0 Å². The number of hydrogen-bond acceptors (Lipinski definition) is 14. The third kappa shape index (κ3) is 6.30. The van der Waals surface area contributed by atoms with E-state index >= 15 is 0 Å². The van der Waals surface area contributed by atoms with Crippen LogP contribution in [0.4, 0.5) is 0 Å². The van der Waals surface area contributed by atoms with Gasteiger partial charge >= 0.3 is 0 Å². The first-order chi connectivity index (χ1) is 21.7. The molecule has 0 saturated carbocycles. The molecule has 5 rings (SSSR count). The monoisotopic (exact) mass is 646 g/mol. The maximum absolute atomic E-state index is 14.0. The quantitative estimate of drug-likeness (QED) is 0.168. The zero-order valence-corrected chi connectivity index (χ0v) is 25.5. The fourth-order valence-corrected chi connectivity index (χ4v) is 5.47. The summed E-state index contributed by atoms with van der Waals surface area (Å²) in [6, 6.07) is 6.56. The van der Waals surface area contributed by atoms with Gasteiger partial charge in [0.15, 0.2) is 12.1 Å². The van der Waals surface area contributed by atoms with E-state index in [1.165, 1.54) is 38.1 Å². The molecule has 0 amide bonds. The second kappa shape index (κ2) is 13.2. The minimum absolute atomic E-state index is 0.0774. The molecule has 8 N–H and O–H groups in total. The van der Waals surface area contributed by atoms with Gasteiger partial charge in [-0.05, 0) is 58.4 Å². The Bertz CT molecular complexity index is 1650. The summed E-state index contributed by atoms with van der Waals surface area (Å²) in [5.74, 6) is -1.67. The van der Waals surface area contributed by atoms with Crippen LogP contribution < -0.4 is 10.2 Å². The molecule has 0 radical (unpaired) electrons. The molecule has 3 aromatic rings. The molecule has 2 aliphatic heterocycles. The van der Waals surface area contributed by atoms with Gasteiger partial charge in [0, 0.05) is 17.2 Å². The van der Waals surface area contributed by atoms with Gasteiger partial charge < -0.3 is 64.2 Å². The van der Waals surface area contributed by atoms with Crippen LogP contribution in [0.1, 0.15) is 33.3 Å². The summed E-state index contributed by atoms with van der Waals surface area (Å²) < 4.78 is 29.0. The number of fused-ring (bicyclic) bond motifs is 1. The molecule has 0 aliphatic carbocycles. The second-order valence-corrected chi connectivity index (χ2v) is 11.8. The molecule has 0 spiro atoms. The molecule has 14 heteroatoms. The number of phenols is 3. The number of allylic oxidation sites excluding steroid dienone is 2. The van der Waals surface area contributed by atoms with E-state index in [-0.39, 0.29) is 45.8 Å². The van der Waals surface area contributed by atoms with Crippen molar-refractivity contribution in [2.45, 2.75) is 95.5 Å². The Kier molecular flexibility index (Phi) is 9.63. The summed E-state index contributed by atoms with van der Waals surface area (Å²) >= 11 is 0. The Morgan fingerprint density at radius 1 is 0.826 bits per heavy atom. The van der Waals surface area contributed by atoms with Gasteiger partial charge in [0.2, 0.25) is 17.5 Å². The van der Waals surface area contributed by atoms with Gasteiger partial charge in [0.05, 0.1) is 12.2 Å². The van der Waals surface area contributed by atoms with E-state index in [9.17, 15) is 45.6 Å². The van der Waals surface area contributed by atoms with Crippen molar-refractivity contribution in [1.29, 1.82) is 0 Å². The van der Waals surface area contributed by atoms with Crippen molar-refractivity contribution in [3.05, 3.63) is 57.8 Å². The molecule has 2 fully saturated rings. The highest BCUT2D eigenvalue weighted by molar-refractivity contribution is 5.91. The van der Waals surface area contributed by atoms with Crippen molar-refractivity contribution in [2.24, 2.45) is 0 Å². The van der Waals surface area contributed by atoms with Crippen molar-refractivity contribution >= 4 is 11.0 Å². The summed E-state index contributed by atoms with van der Waals surface area (Å²) in [6.45, 7) is 6.62. The smallest absolute Gasteiger partial charge is 0.239 e. The molecule has 0 bridgehead atoms. The lowest BCUT2D eigenvalue weighted by molar-refractivity contribution is -0.345. The molecule has 1 aromatic heterocycles. The average Bonchev–Trinajstić information content (AvgIpc) is 3.00. The molecule has 0 unspecified atom stereocenters. The minimum Gasteiger partial charge on any atom is -0.508 e. The Hall–Kier alpha value is -3.73. The summed E-state index contributed by atoms with van der Waals surface area (Å²) in [5, 5.41) is 83.5. The van der Waals surface area contributed by atoms with Crippen LogP contribution in [0.3, 0.4) is 0 Å². The molecule has 2 aromatic carbocycles. The largest absolute Gasteiger partial charge is 0.508 e. The summed E-state index contributed by atoms with van der Waals surface area (Å²) in [5.41, 5.74) is 0.399. The van der Waals surface area contributed by atoms with Crippen LogP contribution in [0, 0.1) is 0 Å². The van der Waals surface area contributed by atoms with Gasteiger partial charge in [-0.2, -0.15) is 0 Å². The fraction of sp³-hybridized carbons (Fsp3) is 0.469. The van der Waals surface area contributed by atoms with Crippen LogP contribution in [0.2, 0.25) is 0 Å². The molecular formula is C32H38O14. The first kappa shape index (κ1) is 33.6. The number of phenolic OH excluding ortho intramolecular Hbond substituents is 3. The van der Waals surface area contributed by atoms with Crippen LogP contribution in [0.25, 0.3) is 22.3 Å². The Balaban J connectivity index is 1.53. The van der Waals surface area contributed by atoms with Crippen LogP contribution >= 0.6 is 0 Å². The van der Waals surface area contributed by atoms with Crippen molar-refractivity contribution in [3.8, 4) is 34.3 Å². The van der Waals surface area contributed by atoms with E-state index in [1.54, 1.807) is 6.08 Å². The predicted molar refractivity (Wildman–Crippen MR) is 160 cm³/mol. The average molecular weight is 647 g/mol. The number of aromatic hydroxyl groups is 3. The minimum atomic E-state index is -1.85. The fourth-order valence-electron chi connectivity index (χ4n) is 5.47. The molecule has 2 saturated heterocycles. The maximum Gasteiger partial charge on any atom is 0.239 e. The number of ether oxygens (including phenoxy) is 4. The van der Waals surface area contributed by atoms with Gasteiger partial charge in [-0.15, -0.1) is 0 Å². The Morgan fingerprint density at radius 3 is 2.11 bits per heavy atom. The SMILES string of the molecule is CC(C)=CCc1c(O)cc(O)c2c(=O)c(O[C@@H]3O[C@@H](C)[C@H](O[C@@H]4O[C@@H](C)[C@@H](O)[C@@H](O)[C@H]4O)[C@@H](O)[C@H]3O)c(-c3ccc(O)cc3)oc12. The van der Waals surface area contributed by atoms with Gasteiger partial charge in [-0.1, -0.05) is 11.6 Å². The number of aliphatic hydroxyl groups excluding tert-OH is 5. The molecule has 10 atom stereocenters. The molecule has 46 heavy (non-hydrogen) atoms. The predicted octanol–water partition coefficient (Wildman–Crippen LogP) is 1.14. The van der Waals surface area contributed by atoms with Crippen molar-refractivity contribution in [3.63, 3.8) is 0 Å². The first-order valence-electron chi connectivity index (χ1n) is 14.7. The Labute approximate surface area is 262 Å². The third-order valence-corrected chi connectivity index (χ3v) is 8.14. The van der Waals surface area contributed by atoms with Crippen LogP contribution in [-0.4, -0.2) is 102 Å². The summed E-state index contributed by atoms with van der Waals surface area (Å²) in [6.07, 6.45) is -12.8. The van der Waals surface area contributed by atoms with E-state index in [1.807, 2.05) is 13.8 Å². The summed E-state index contributed by atoms with van der Waals surface area (Å²) in [7, 11) is 0. The zero-order valence-electron chi connectivity index (χ0n) is 25.5. The first-order valence-corrected chi connectivity index (χ1v) is 14.7. The van der Waals surface area contributed by atoms with Gasteiger partial charge in [0.1, 0.15) is 64.8 Å². The molecular weight excluding hydrogens is 608 g/mol. The van der Waals surface area contributed by atoms with E-state index in [4.69, 9.17) is 23.4 Å². The highest BCUT2D eigenvalue weighted by atomic mass is 16.7. The summed E-state index contributed by atoms with van der Waals surface area (Å²) in [4.78, 5) is 14.0. The van der Waals surface area contributed by atoms with Crippen LogP contribution in [-0.2, 0) is 20.6 Å². The van der Waals surface area contributed by atoms with E-state index in [2.05, 4.69) is 0 Å². The maximum atomic E-state index is 14.0. The Morgan fingerprint density at radius 2 is 1.46 bits per heavy atom. The van der Waals surface area contributed by atoms with E-state index in [0.29, 0.717) is 0 Å². The number of hydrogen-bond donors (Lipinski definition) is 8. The zero-order chi connectivity index (χ0) is 33.6. The normalized spacial score (nSPS) is 31.5. The lowest BCUT2D eigenvalue weighted by Gasteiger charge is -2.45. The van der Waals surface area contributed by atoms with Crippen molar-refractivity contribution in [1.82, 2.24) is 0 Å². The van der Waals surface area contributed by atoms with Gasteiger partial charge in [-0.25, -0.2) is 0 Å². The van der Waals surface area contributed by atoms with Crippen molar-refractivity contribution < 1.29 is 64.2 Å². The van der Waals surface area contributed by atoms with E-state index < -0.39 is 78.3 Å². The molecule has 2 aliphatic rings. The topological polar surface area (TPSA) is 229 Å². The number of rotatable bonds is 7. The number of benzene rings is 2. The van der Waals surface area contributed by atoms with Crippen LogP contribution in [0.5, 0.6) is 23.0 Å². The third-order valence-electron chi connectivity index (χ3n) is 8.14. The highest BCUT2D eigenvalue weighted by Crippen LogP contribution is 2.40. The van der Waals surface area contributed by atoms with Crippen LogP contribution in [0.15, 0.2) is 51.2 Å². The van der Waals surface area contributed by atoms with Gasteiger partial charge in [-0.3, -0.25) is 4.79 Å². The van der Waals surface area contributed by atoms with E-state index in [0.717, 1.165) is 11.6 Å². The molecule has 3 heterocycles. The van der Waals surface area contributed by atoms with Crippen molar-refractivity contribution in [2.75, 3.05) is 0 Å². The molecule has 14 nitrogen and oxygen atoms in total. The standard InChI is InChI=1S/C32H38O14/c1-12(2)5-10-17-18(34)11-19(35)20-22(37)30(28(44-29(17)20)15-6-8-16(33)9-7-15)46-32-26(41)24(39)27(14(4)43-32)45-31-25(40)23(38)21(36)13(3)42-31/h5-9,11,13-14,21,23-27,31-36,38-41H,10H2,1-4H3/t13-,14-,21+,23+,24-,25+,26+,27-,31-,32-/m0/s1. The molecule has 250 valence electrons. The second-order valence-electron chi connectivity index (χ2n) is 11.8. The highest BCUT2D eigenvalue weighted by Gasteiger charge is 2.50. The number of aliphatic hydroxyl groups is 5. The lowest BCUT2D eigenvalue weighted by Crippen LogP contribution is -2.63. The lowest BCUT2D eigenvalue weighted by atomic mass is 9.97.